The molecule has 0 spiro atoms. The number of para-hydroxylation sites is 1. The fourth-order valence-electron chi connectivity index (χ4n) is 3.04. The number of fused-ring (bicyclic) bond motifs is 1. The van der Waals surface area contributed by atoms with Crippen molar-refractivity contribution in [2.24, 2.45) is 0 Å². The van der Waals surface area contributed by atoms with Gasteiger partial charge in [0.05, 0.1) is 10.9 Å². The molecule has 1 fully saturated rings. The van der Waals surface area contributed by atoms with Crippen LogP contribution >= 0.6 is 11.8 Å². The molecule has 4 rings (SSSR count). The lowest BCUT2D eigenvalue weighted by molar-refractivity contribution is -0.120. The summed E-state index contributed by atoms with van der Waals surface area (Å²) in [6.45, 7) is 2.32. The highest BCUT2D eigenvalue weighted by Crippen LogP contribution is 2.35. The first-order valence-corrected chi connectivity index (χ1v) is 10.2. The average molecular weight is 397 g/mol. The zero-order chi connectivity index (χ0) is 19.7. The van der Waals surface area contributed by atoms with E-state index in [2.05, 4.69) is 10.3 Å². The average Bonchev–Trinajstić information content (AvgIpc) is 3.51. The first kappa shape index (κ1) is 18.7. The van der Waals surface area contributed by atoms with E-state index in [0.29, 0.717) is 28.2 Å². The number of nitrogens with zero attached hydrogens (tertiary/aromatic N) is 2. The molecule has 1 atom stereocenters. The molecule has 1 aliphatic carbocycles. The van der Waals surface area contributed by atoms with E-state index < -0.39 is 5.25 Å². The van der Waals surface area contributed by atoms with Gasteiger partial charge in [-0.05, 0) is 49.6 Å². The third kappa shape index (κ3) is 3.80. The van der Waals surface area contributed by atoms with Gasteiger partial charge in [-0.25, -0.2) is 9.37 Å². The van der Waals surface area contributed by atoms with Gasteiger partial charge in [-0.3, -0.25) is 14.2 Å². The standard InChI is InChI=1S/C21H20FN3O2S/c1-2-25-20(27)16-5-3-4-6-17(16)24-21(25)28-18(19(26)23-15-11-12-15)13-7-9-14(22)10-8-13/h3-10,15,18H,2,11-12H2,1H3,(H,23,26). The van der Waals surface area contributed by atoms with Gasteiger partial charge in [0.1, 0.15) is 11.1 Å². The summed E-state index contributed by atoms with van der Waals surface area (Å²) in [6, 6.07) is 13.3. The van der Waals surface area contributed by atoms with Gasteiger partial charge in [0.25, 0.3) is 5.56 Å². The maximum absolute atomic E-state index is 13.4. The molecule has 1 amide bonds. The van der Waals surface area contributed by atoms with Crippen molar-refractivity contribution in [2.75, 3.05) is 0 Å². The number of carbonyl (C=O) groups excluding carboxylic acids is 1. The molecule has 0 saturated heterocycles. The molecule has 28 heavy (non-hydrogen) atoms. The fourth-order valence-corrected chi connectivity index (χ4v) is 4.21. The molecule has 144 valence electrons. The number of aromatic nitrogens is 2. The molecule has 1 heterocycles. The van der Waals surface area contributed by atoms with E-state index in [1.807, 2.05) is 19.1 Å². The predicted octanol–water partition coefficient (Wildman–Crippen LogP) is 3.67. The summed E-state index contributed by atoms with van der Waals surface area (Å²) in [6.07, 6.45) is 1.95. The van der Waals surface area contributed by atoms with Crippen LogP contribution in [0.1, 0.15) is 30.6 Å². The van der Waals surface area contributed by atoms with Crippen LogP contribution in [0, 0.1) is 5.82 Å². The summed E-state index contributed by atoms with van der Waals surface area (Å²) < 4.78 is 15.0. The number of hydrogen-bond donors (Lipinski definition) is 1. The van der Waals surface area contributed by atoms with Crippen LogP contribution in [0.15, 0.2) is 58.5 Å². The number of halogens is 1. The third-order valence-corrected chi connectivity index (χ3v) is 5.95. The Balaban J connectivity index is 1.76. The van der Waals surface area contributed by atoms with Gasteiger partial charge in [0, 0.05) is 12.6 Å². The van der Waals surface area contributed by atoms with E-state index in [9.17, 15) is 14.0 Å². The monoisotopic (exact) mass is 397 g/mol. The van der Waals surface area contributed by atoms with Gasteiger partial charge in [-0.1, -0.05) is 36.0 Å². The maximum Gasteiger partial charge on any atom is 0.262 e. The van der Waals surface area contributed by atoms with Crippen LogP contribution in [-0.2, 0) is 11.3 Å². The normalized spacial score (nSPS) is 14.8. The minimum absolute atomic E-state index is 0.129. The molecule has 3 aromatic rings. The number of hydrogen-bond acceptors (Lipinski definition) is 4. The smallest absolute Gasteiger partial charge is 0.262 e. The molecule has 1 aromatic heterocycles. The number of nitrogens with one attached hydrogen (secondary N) is 1. The second kappa shape index (κ2) is 7.75. The van der Waals surface area contributed by atoms with E-state index in [1.54, 1.807) is 28.8 Å². The Morgan fingerprint density at radius 3 is 2.64 bits per heavy atom. The minimum atomic E-state index is -0.618. The topological polar surface area (TPSA) is 64.0 Å². The second-order valence-electron chi connectivity index (χ2n) is 6.79. The lowest BCUT2D eigenvalue weighted by Gasteiger charge is -2.19. The Morgan fingerprint density at radius 1 is 1.25 bits per heavy atom. The first-order valence-electron chi connectivity index (χ1n) is 9.29. The van der Waals surface area contributed by atoms with Crippen LogP contribution in [-0.4, -0.2) is 21.5 Å². The highest BCUT2D eigenvalue weighted by molar-refractivity contribution is 8.00. The maximum atomic E-state index is 13.4. The molecule has 0 radical (unpaired) electrons. The fraction of sp³-hybridized carbons (Fsp3) is 0.286. The zero-order valence-electron chi connectivity index (χ0n) is 15.4. The van der Waals surface area contributed by atoms with Crippen LogP contribution in [0.5, 0.6) is 0 Å². The lowest BCUT2D eigenvalue weighted by Crippen LogP contribution is -2.30. The Morgan fingerprint density at radius 2 is 1.96 bits per heavy atom. The van der Waals surface area contributed by atoms with Crippen molar-refractivity contribution < 1.29 is 9.18 Å². The quantitative estimate of drug-likeness (QED) is 0.509. The molecule has 1 aliphatic rings. The molecule has 5 nitrogen and oxygen atoms in total. The lowest BCUT2D eigenvalue weighted by atomic mass is 10.1. The van der Waals surface area contributed by atoms with Crippen LogP contribution in [0.25, 0.3) is 10.9 Å². The molecular formula is C21H20FN3O2S. The van der Waals surface area contributed by atoms with Gasteiger partial charge in [-0.15, -0.1) is 0 Å². The highest BCUT2D eigenvalue weighted by Gasteiger charge is 2.30. The van der Waals surface area contributed by atoms with Crippen molar-refractivity contribution in [1.29, 1.82) is 0 Å². The molecule has 1 N–H and O–H groups in total. The molecule has 0 bridgehead atoms. The first-order chi connectivity index (χ1) is 13.6. The summed E-state index contributed by atoms with van der Waals surface area (Å²) in [5.74, 6) is -0.506. The molecule has 2 aromatic carbocycles. The van der Waals surface area contributed by atoms with E-state index in [4.69, 9.17) is 0 Å². The number of rotatable bonds is 6. The SMILES string of the molecule is CCn1c(SC(C(=O)NC2CC2)c2ccc(F)cc2)nc2ccccc2c1=O. The summed E-state index contributed by atoms with van der Waals surface area (Å²) >= 11 is 1.22. The Kier molecular flexibility index (Phi) is 5.17. The van der Waals surface area contributed by atoms with Crippen molar-refractivity contribution in [1.82, 2.24) is 14.9 Å². The van der Waals surface area contributed by atoms with Gasteiger partial charge >= 0.3 is 0 Å². The van der Waals surface area contributed by atoms with Crippen molar-refractivity contribution in [2.45, 2.75) is 42.8 Å². The van der Waals surface area contributed by atoms with Gasteiger partial charge in [0.2, 0.25) is 5.91 Å². The van der Waals surface area contributed by atoms with Crippen molar-refractivity contribution in [3.05, 3.63) is 70.3 Å². The van der Waals surface area contributed by atoms with Gasteiger partial charge < -0.3 is 5.32 Å². The predicted molar refractivity (Wildman–Crippen MR) is 108 cm³/mol. The van der Waals surface area contributed by atoms with E-state index in [1.165, 1.54) is 23.9 Å². The Bertz CT molecular complexity index is 1080. The van der Waals surface area contributed by atoms with E-state index in [0.717, 1.165) is 12.8 Å². The number of amides is 1. The largest absolute Gasteiger partial charge is 0.352 e. The van der Waals surface area contributed by atoms with Crippen LogP contribution in [0.2, 0.25) is 0 Å². The summed E-state index contributed by atoms with van der Waals surface area (Å²) in [5.41, 5.74) is 1.14. The van der Waals surface area contributed by atoms with Crippen LogP contribution in [0.3, 0.4) is 0 Å². The third-order valence-electron chi connectivity index (χ3n) is 4.70. The number of thioether (sulfide) groups is 1. The molecule has 1 unspecified atom stereocenters. The van der Waals surface area contributed by atoms with E-state index >= 15 is 0 Å². The minimum Gasteiger partial charge on any atom is -0.352 e. The summed E-state index contributed by atoms with van der Waals surface area (Å²) in [5, 5.41) is 3.42. The van der Waals surface area contributed by atoms with E-state index in [-0.39, 0.29) is 23.3 Å². The summed E-state index contributed by atoms with van der Waals surface area (Å²) in [4.78, 5) is 30.4. The van der Waals surface area contributed by atoms with Crippen LogP contribution in [0.4, 0.5) is 4.39 Å². The Labute approximate surface area is 166 Å². The Hall–Kier alpha value is -2.67. The number of carbonyl (C=O) groups is 1. The van der Waals surface area contributed by atoms with Crippen LogP contribution < -0.4 is 10.9 Å². The van der Waals surface area contributed by atoms with Crippen molar-refractivity contribution in [3.63, 3.8) is 0 Å². The second-order valence-corrected chi connectivity index (χ2v) is 7.87. The van der Waals surface area contributed by atoms with Crippen molar-refractivity contribution in [3.8, 4) is 0 Å². The number of benzene rings is 2. The zero-order valence-corrected chi connectivity index (χ0v) is 16.2. The molecule has 7 heteroatoms. The molecule has 0 aliphatic heterocycles. The molecular weight excluding hydrogens is 377 g/mol. The highest BCUT2D eigenvalue weighted by atomic mass is 32.2. The van der Waals surface area contributed by atoms with Gasteiger partial charge in [-0.2, -0.15) is 0 Å². The van der Waals surface area contributed by atoms with Gasteiger partial charge in [0.15, 0.2) is 5.16 Å². The summed E-state index contributed by atoms with van der Waals surface area (Å²) in [7, 11) is 0. The molecule has 1 saturated carbocycles. The van der Waals surface area contributed by atoms with Crippen molar-refractivity contribution >= 4 is 28.6 Å².